The van der Waals surface area contributed by atoms with E-state index in [1.807, 2.05) is 0 Å². The number of hydrogen-bond acceptors (Lipinski definition) is 4. The summed E-state index contributed by atoms with van der Waals surface area (Å²) >= 11 is 0. The third-order valence-corrected chi connectivity index (χ3v) is 2.68. The van der Waals surface area contributed by atoms with E-state index in [-0.39, 0.29) is 23.9 Å². The van der Waals surface area contributed by atoms with Crippen LogP contribution < -0.4 is 5.32 Å². The van der Waals surface area contributed by atoms with Gasteiger partial charge in [-0.05, 0) is 19.3 Å². The summed E-state index contributed by atoms with van der Waals surface area (Å²) in [5, 5.41) is 9.05. The average molecular weight is 210 g/mol. The number of nitrogens with one attached hydrogen (secondary N) is 2. The number of H-pyrrole nitrogens is 1. The fourth-order valence-corrected chi connectivity index (χ4v) is 1.85. The minimum Gasteiger partial charge on any atom is -0.381 e. The molecule has 0 spiro atoms. The van der Waals surface area contributed by atoms with Crippen molar-refractivity contribution < 1.29 is 9.53 Å². The Hall–Kier alpha value is -1.43. The molecule has 2 rings (SSSR count). The largest absolute Gasteiger partial charge is 0.381 e. The van der Waals surface area contributed by atoms with Crippen molar-refractivity contribution in [2.75, 3.05) is 7.11 Å². The van der Waals surface area contributed by atoms with Crippen LogP contribution in [0, 0.1) is 0 Å². The predicted molar refractivity (Wildman–Crippen MR) is 52.3 cm³/mol. The van der Waals surface area contributed by atoms with Gasteiger partial charge in [0.05, 0.1) is 6.10 Å². The number of amides is 1. The fraction of sp³-hybridized carbons (Fsp3) is 0.667. The summed E-state index contributed by atoms with van der Waals surface area (Å²) in [4.78, 5) is 15.4. The molecule has 1 aliphatic rings. The Morgan fingerprint density at radius 3 is 3.13 bits per heavy atom. The van der Waals surface area contributed by atoms with Crippen LogP contribution >= 0.6 is 0 Å². The van der Waals surface area contributed by atoms with Gasteiger partial charge < -0.3 is 10.1 Å². The van der Waals surface area contributed by atoms with Crippen molar-refractivity contribution in [3.63, 3.8) is 0 Å². The molecule has 1 aromatic heterocycles. The lowest BCUT2D eigenvalue weighted by Crippen LogP contribution is -2.34. The summed E-state index contributed by atoms with van der Waals surface area (Å²) in [6.07, 6.45) is 4.42. The number of carbonyl (C=O) groups is 1. The number of aromatic amines is 1. The SMILES string of the molecule is COC1CCC(NC(=O)c2ncn[nH]2)C1. The topological polar surface area (TPSA) is 79.9 Å². The monoisotopic (exact) mass is 210 g/mol. The second kappa shape index (κ2) is 4.39. The van der Waals surface area contributed by atoms with Crippen molar-refractivity contribution in [2.24, 2.45) is 0 Å². The van der Waals surface area contributed by atoms with Gasteiger partial charge in [0.15, 0.2) is 0 Å². The zero-order valence-electron chi connectivity index (χ0n) is 8.56. The van der Waals surface area contributed by atoms with Gasteiger partial charge in [-0.15, -0.1) is 0 Å². The summed E-state index contributed by atoms with van der Waals surface area (Å²) in [6, 6.07) is 0.188. The van der Waals surface area contributed by atoms with Crippen LogP contribution in [0.4, 0.5) is 0 Å². The minimum atomic E-state index is -0.200. The molecule has 0 bridgehead atoms. The number of aromatic nitrogens is 3. The number of nitrogens with zero attached hydrogens (tertiary/aromatic N) is 2. The van der Waals surface area contributed by atoms with Crippen molar-refractivity contribution in [2.45, 2.75) is 31.4 Å². The summed E-state index contributed by atoms with van der Waals surface area (Å²) in [7, 11) is 1.70. The van der Waals surface area contributed by atoms with Crippen LogP contribution in [0.2, 0.25) is 0 Å². The molecule has 1 amide bonds. The van der Waals surface area contributed by atoms with Crippen LogP contribution in [-0.4, -0.2) is 40.3 Å². The predicted octanol–water partition coefficient (Wildman–Crippen LogP) is 0.102. The van der Waals surface area contributed by atoms with Crippen molar-refractivity contribution >= 4 is 5.91 Å². The van der Waals surface area contributed by atoms with Crippen molar-refractivity contribution in [3.05, 3.63) is 12.2 Å². The summed E-state index contributed by atoms with van der Waals surface area (Å²) < 4.78 is 5.23. The molecule has 1 saturated carbocycles. The first-order valence-electron chi connectivity index (χ1n) is 4.98. The first-order chi connectivity index (χ1) is 7.29. The number of carbonyl (C=O) groups excluding carboxylic acids is 1. The van der Waals surface area contributed by atoms with Crippen LogP contribution in [0.1, 0.15) is 29.9 Å². The lowest BCUT2D eigenvalue weighted by molar-refractivity contribution is 0.0906. The third kappa shape index (κ3) is 2.33. The molecule has 6 heteroatoms. The molecule has 1 aromatic rings. The molecule has 2 N–H and O–H groups in total. The van der Waals surface area contributed by atoms with E-state index in [2.05, 4.69) is 20.5 Å². The van der Waals surface area contributed by atoms with E-state index in [4.69, 9.17) is 4.74 Å². The molecule has 2 atom stereocenters. The molecule has 0 radical (unpaired) electrons. The Balaban J connectivity index is 1.86. The van der Waals surface area contributed by atoms with Crippen LogP contribution in [0.5, 0.6) is 0 Å². The molecule has 0 saturated heterocycles. The molecule has 1 heterocycles. The average Bonchev–Trinajstić information content (AvgIpc) is 2.87. The number of ether oxygens (including phenoxy) is 1. The Kier molecular flexibility index (Phi) is 2.96. The lowest BCUT2D eigenvalue weighted by Gasteiger charge is -2.11. The summed E-state index contributed by atoms with van der Waals surface area (Å²) in [5.74, 6) is 0.0603. The van der Waals surface area contributed by atoms with E-state index in [1.165, 1.54) is 6.33 Å². The van der Waals surface area contributed by atoms with Crippen molar-refractivity contribution in [1.82, 2.24) is 20.5 Å². The number of rotatable bonds is 3. The lowest BCUT2D eigenvalue weighted by atomic mass is 10.2. The quantitative estimate of drug-likeness (QED) is 0.741. The maximum atomic E-state index is 11.6. The molecule has 1 fully saturated rings. The smallest absolute Gasteiger partial charge is 0.288 e. The molecule has 6 nitrogen and oxygen atoms in total. The van der Waals surface area contributed by atoms with Gasteiger partial charge in [0.25, 0.3) is 5.91 Å². The van der Waals surface area contributed by atoms with Gasteiger partial charge in [0, 0.05) is 13.2 Å². The molecular weight excluding hydrogens is 196 g/mol. The zero-order chi connectivity index (χ0) is 10.7. The molecule has 2 unspecified atom stereocenters. The fourth-order valence-electron chi connectivity index (χ4n) is 1.85. The highest BCUT2D eigenvalue weighted by molar-refractivity contribution is 5.90. The highest BCUT2D eigenvalue weighted by Gasteiger charge is 2.26. The normalized spacial score (nSPS) is 25.4. The maximum Gasteiger partial charge on any atom is 0.288 e. The molecule has 1 aliphatic carbocycles. The Labute approximate surface area is 87.4 Å². The second-order valence-corrected chi connectivity index (χ2v) is 3.68. The van der Waals surface area contributed by atoms with E-state index in [1.54, 1.807) is 7.11 Å². The van der Waals surface area contributed by atoms with E-state index in [0.29, 0.717) is 0 Å². The van der Waals surface area contributed by atoms with Gasteiger partial charge in [-0.2, -0.15) is 5.10 Å². The summed E-state index contributed by atoms with van der Waals surface area (Å²) in [6.45, 7) is 0. The van der Waals surface area contributed by atoms with Gasteiger partial charge >= 0.3 is 0 Å². The Morgan fingerprint density at radius 2 is 2.53 bits per heavy atom. The van der Waals surface area contributed by atoms with Crippen LogP contribution in [0.25, 0.3) is 0 Å². The van der Waals surface area contributed by atoms with E-state index >= 15 is 0 Å². The maximum absolute atomic E-state index is 11.6. The number of methoxy groups -OCH3 is 1. The van der Waals surface area contributed by atoms with E-state index in [0.717, 1.165) is 19.3 Å². The standard InChI is InChI=1S/C9H14N4O2/c1-15-7-3-2-6(4-7)12-9(14)8-10-5-11-13-8/h5-7H,2-4H2,1H3,(H,12,14)(H,10,11,13). The Morgan fingerprint density at radius 1 is 1.67 bits per heavy atom. The first kappa shape index (κ1) is 10.1. The van der Waals surface area contributed by atoms with Gasteiger partial charge in [0.2, 0.25) is 5.82 Å². The van der Waals surface area contributed by atoms with Crippen LogP contribution in [0.3, 0.4) is 0 Å². The first-order valence-corrected chi connectivity index (χ1v) is 4.98. The molecule has 0 aliphatic heterocycles. The third-order valence-electron chi connectivity index (χ3n) is 2.68. The van der Waals surface area contributed by atoms with E-state index < -0.39 is 0 Å². The highest BCUT2D eigenvalue weighted by atomic mass is 16.5. The van der Waals surface area contributed by atoms with E-state index in [9.17, 15) is 4.79 Å². The number of hydrogen-bond donors (Lipinski definition) is 2. The molecular formula is C9H14N4O2. The molecule has 0 aromatic carbocycles. The second-order valence-electron chi connectivity index (χ2n) is 3.68. The summed E-state index contributed by atoms with van der Waals surface area (Å²) in [5.41, 5.74) is 0. The van der Waals surface area contributed by atoms with Crippen molar-refractivity contribution in [3.8, 4) is 0 Å². The Bertz CT molecular complexity index is 325. The van der Waals surface area contributed by atoms with Crippen LogP contribution in [0.15, 0.2) is 6.33 Å². The van der Waals surface area contributed by atoms with Gasteiger partial charge in [-0.1, -0.05) is 0 Å². The van der Waals surface area contributed by atoms with Gasteiger partial charge in [-0.3, -0.25) is 9.89 Å². The van der Waals surface area contributed by atoms with Gasteiger partial charge in [0.1, 0.15) is 6.33 Å². The zero-order valence-corrected chi connectivity index (χ0v) is 8.56. The van der Waals surface area contributed by atoms with Crippen LogP contribution in [-0.2, 0) is 4.74 Å². The molecule has 15 heavy (non-hydrogen) atoms. The minimum absolute atomic E-state index is 0.188. The highest BCUT2D eigenvalue weighted by Crippen LogP contribution is 2.21. The van der Waals surface area contributed by atoms with Crippen molar-refractivity contribution in [1.29, 1.82) is 0 Å². The molecule has 82 valence electrons. The van der Waals surface area contributed by atoms with Gasteiger partial charge in [-0.25, -0.2) is 4.98 Å².